The molecule has 75 heavy (non-hydrogen) atoms. The van der Waals surface area contributed by atoms with Crippen molar-refractivity contribution in [2.45, 2.75) is 334 Å². The number of carbonyl (C=O) groups is 3. The summed E-state index contributed by atoms with van der Waals surface area (Å²) in [6.07, 6.45) is 67.1. The Morgan fingerprint density at radius 3 is 1.05 bits per heavy atom. The number of quaternary nitrogens is 1. The summed E-state index contributed by atoms with van der Waals surface area (Å²) in [6.45, 7) is 4.92. The second-order valence-corrected chi connectivity index (χ2v) is 23.4. The van der Waals surface area contributed by atoms with Crippen LogP contribution in [0.25, 0.3) is 0 Å². The fraction of sp³-hybridized carbons (Fsp3) is 0.894. The van der Waals surface area contributed by atoms with E-state index >= 15 is 0 Å². The molecule has 0 aliphatic heterocycles. The highest BCUT2D eigenvalue weighted by Gasteiger charge is 2.25. The number of likely N-dealkylation sites (N-methyl/N-ethyl adjacent to an activating group) is 1. The summed E-state index contributed by atoms with van der Waals surface area (Å²) in [7, 11) is 5.98. The highest BCUT2D eigenvalue weighted by Crippen LogP contribution is 2.18. The van der Waals surface area contributed by atoms with E-state index in [0.29, 0.717) is 17.4 Å². The SMILES string of the molecule is CCCCCCC/C=C\C/C=C\CCCCCCCCCCCC(=O)OC(COC(=O)CCCCCCCCCCCCCCCCCCCCCCCCCCCCCCC)COC(OCC[N+](C)(C)C)C(=O)O. The number of hydrogen-bond donors (Lipinski definition) is 1. The normalized spacial score (nSPS) is 12.8. The van der Waals surface area contributed by atoms with Gasteiger partial charge in [0, 0.05) is 12.8 Å². The van der Waals surface area contributed by atoms with E-state index < -0.39 is 24.3 Å². The lowest BCUT2D eigenvalue weighted by molar-refractivity contribution is -0.870. The Kier molecular flexibility index (Phi) is 56.2. The minimum atomic E-state index is -1.51. The van der Waals surface area contributed by atoms with Gasteiger partial charge in [-0.1, -0.05) is 289 Å². The Labute approximate surface area is 465 Å². The maximum atomic E-state index is 12.9. The first kappa shape index (κ1) is 72.8. The van der Waals surface area contributed by atoms with Crippen LogP contribution in [0.3, 0.4) is 0 Å². The fourth-order valence-electron chi connectivity index (χ4n) is 9.70. The Morgan fingerprint density at radius 1 is 0.400 bits per heavy atom. The number of nitrogens with zero attached hydrogens (tertiary/aromatic N) is 1. The van der Waals surface area contributed by atoms with Crippen molar-refractivity contribution in [2.24, 2.45) is 0 Å². The first-order chi connectivity index (χ1) is 36.6. The molecular weight excluding hydrogens is 935 g/mol. The molecule has 0 aromatic heterocycles. The molecule has 0 saturated heterocycles. The highest BCUT2D eigenvalue weighted by atomic mass is 16.7. The third kappa shape index (κ3) is 59.3. The second-order valence-electron chi connectivity index (χ2n) is 23.4. The summed E-state index contributed by atoms with van der Waals surface area (Å²) in [6, 6.07) is 0. The predicted molar refractivity (Wildman–Crippen MR) is 318 cm³/mol. The zero-order valence-electron chi connectivity index (χ0n) is 50.5. The first-order valence-corrected chi connectivity index (χ1v) is 32.5. The van der Waals surface area contributed by atoms with Gasteiger partial charge in [-0.3, -0.25) is 9.59 Å². The Hall–Kier alpha value is -2.23. The van der Waals surface area contributed by atoms with Crippen molar-refractivity contribution in [1.82, 2.24) is 0 Å². The van der Waals surface area contributed by atoms with Crippen LogP contribution in [0.15, 0.2) is 24.3 Å². The van der Waals surface area contributed by atoms with Crippen LogP contribution in [0.4, 0.5) is 0 Å². The molecule has 2 unspecified atom stereocenters. The van der Waals surface area contributed by atoms with Gasteiger partial charge in [0.05, 0.1) is 34.4 Å². The molecule has 0 rings (SSSR count). The molecule has 9 nitrogen and oxygen atoms in total. The van der Waals surface area contributed by atoms with Gasteiger partial charge < -0.3 is 28.5 Å². The Bertz CT molecular complexity index is 1280. The molecule has 0 aliphatic carbocycles. The number of unbranched alkanes of at least 4 members (excludes halogenated alkanes) is 42. The fourth-order valence-corrected chi connectivity index (χ4v) is 9.70. The van der Waals surface area contributed by atoms with E-state index in [-0.39, 0.29) is 32.2 Å². The molecule has 0 aromatic carbocycles. The topological polar surface area (TPSA) is 108 Å². The molecule has 2 atom stereocenters. The lowest BCUT2D eigenvalue weighted by atomic mass is 10.0. The predicted octanol–water partition coefficient (Wildman–Crippen LogP) is 19.5. The van der Waals surface area contributed by atoms with Crippen LogP contribution in [0, 0.1) is 0 Å². The highest BCUT2D eigenvalue weighted by molar-refractivity contribution is 5.71. The number of esters is 2. The van der Waals surface area contributed by atoms with Crippen LogP contribution in [-0.2, 0) is 33.3 Å². The van der Waals surface area contributed by atoms with Gasteiger partial charge in [-0.25, -0.2) is 4.79 Å². The number of aliphatic carboxylic acids is 1. The van der Waals surface area contributed by atoms with Crippen molar-refractivity contribution >= 4 is 17.9 Å². The van der Waals surface area contributed by atoms with Crippen LogP contribution in [0.5, 0.6) is 0 Å². The molecule has 0 fully saturated rings. The molecule has 0 bridgehead atoms. The molecule has 0 amide bonds. The molecule has 9 heteroatoms. The first-order valence-electron chi connectivity index (χ1n) is 32.5. The largest absolute Gasteiger partial charge is 0.477 e. The molecule has 0 spiro atoms. The number of carboxylic acids is 1. The Morgan fingerprint density at radius 2 is 0.720 bits per heavy atom. The van der Waals surface area contributed by atoms with Gasteiger partial charge in [-0.2, -0.15) is 0 Å². The van der Waals surface area contributed by atoms with E-state index in [0.717, 1.165) is 51.4 Å². The molecule has 0 aliphatic rings. The van der Waals surface area contributed by atoms with Crippen LogP contribution in [0.1, 0.15) is 322 Å². The van der Waals surface area contributed by atoms with Gasteiger partial charge in [0.15, 0.2) is 6.10 Å². The van der Waals surface area contributed by atoms with E-state index in [4.69, 9.17) is 18.9 Å². The van der Waals surface area contributed by atoms with Crippen LogP contribution >= 0.6 is 0 Å². The minimum absolute atomic E-state index is 0.178. The van der Waals surface area contributed by atoms with Gasteiger partial charge in [0.25, 0.3) is 6.29 Å². The maximum Gasteiger partial charge on any atom is 0.361 e. The zero-order chi connectivity index (χ0) is 54.8. The van der Waals surface area contributed by atoms with Crippen LogP contribution < -0.4 is 0 Å². The number of hydrogen-bond acceptors (Lipinski definition) is 7. The number of rotatable bonds is 61. The van der Waals surface area contributed by atoms with Gasteiger partial charge in [-0.05, 0) is 44.9 Å². The molecule has 0 heterocycles. The third-order valence-electron chi connectivity index (χ3n) is 14.7. The molecule has 1 N–H and O–H groups in total. The van der Waals surface area contributed by atoms with Crippen LogP contribution in [0.2, 0.25) is 0 Å². The van der Waals surface area contributed by atoms with E-state index in [1.807, 2.05) is 21.1 Å². The minimum Gasteiger partial charge on any atom is -0.477 e. The zero-order valence-corrected chi connectivity index (χ0v) is 50.5. The van der Waals surface area contributed by atoms with Crippen molar-refractivity contribution in [3.8, 4) is 0 Å². The van der Waals surface area contributed by atoms with Crippen molar-refractivity contribution in [2.75, 3.05) is 47.5 Å². The van der Waals surface area contributed by atoms with Gasteiger partial charge in [0.2, 0.25) is 0 Å². The lowest BCUT2D eigenvalue weighted by Gasteiger charge is -2.25. The van der Waals surface area contributed by atoms with Crippen LogP contribution in [-0.4, -0.2) is 87.4 Å². The number of allylic oxidation sites excluding steroid dienone is 4. The van der Waals surface area contributed by atoms with E-state index in [2.05, 4.69) is 38.2 Å². The Balaban J connectivity index is 4.10. The standard InChI is InChI=1S/C66H125NO8/c1-6-8-10-12-14-16-18-20-22-24-26-28-29-30-31-32-33-34-35-37-38-40-42-44-46-48-50-52-54-56-63(68)73-60-62(61-74-66(65(70)71)72-59-58-67(3,4)5)75-64(69)57-55-53-51-49-47-45-43-41-39-36-27-25-23-21-19-17-15-13-11-9-7-2/h19,21,25,27,62,66H,6-18,20,22-24,26,28-61H2,1-5H3/p+1/b21-19-,27-25-. The summed E-state index contributed by atoms with van der Waals surface area (Å²) < 4.78 is 22.9. The quantitative estimate of drug-likeness (QED) is 0.0211. The molecule has 0 aromatic rings. The summed E-state index contributed by atoms with van der Waals surface area (Å²) in [5, 5.41) is 9.72. The molecule has 442 valence electrons. The maximum absolute atomic E-state index is 12.9. The van der Waals surface area contributed by atoms with E-state index in [1.165, 1.54) is 244 Å². The summed E-state index contributed by atoms with van der Waals surface area (Å²) >= 11 is 0. The van der Waals surface area contributed by atoms with Crippen molar-refractivity contribution in [1.29, 1.82) is 0 Å². The van der Waals surface area contributed by atoms with Gasteiger partial charge >= 0.3 is 17.9 Å². The number of carboxylic acid groups (broad SMARTS) is 1. The van der Waals surface area contributed by atoms with E-state index in [9.17, 15) is 19.5 Å². The summed E-state index contributed by atoms with van der Waals surface area (Å²) in [5.74, 6) is -1.99. The lowest BCUT2D eigenvalue weighted by Crippen LogP contribution is -2.40. The molecular formula is C66H126NO8+. The molecule has 0 radical (unpaired) electrons. The third-order valence-corrected chi connectivity index (χ3v) is 14.7. The number of ether oxygens (including phenoxy) is 4. The monoisotopic (exact) mass is 1060 g/mol. The van der Waals surface area contributed by atoms with E-state index in [1.54, 1.807) is 0 Å². The molecule has 0 saturated carbocycles. The van der Waals surface area contributed by atoms with Crippen molar-refractivity contribution < 1.29 is 42.9 Å². The summed E-state index contributed by atoms with van der Waals surface area (Å²) in [4.78, 5) is 37.5. The summed E-state index contributed by atoms with van der Waals surface area (Å²) in [5.41, 5.74) is 0. The van der Waals surface area contributed by atoms with Gasteiger partial charge in [-0.15, -0.1) is 0 Å². The average molecular weight is 1060 g/mol. The average Bonchev–Trinajstić information content (AvgIpc) is 3.38. The number of carbonyl (C=O) groups excluding carboxylic acids is 2. The van der Waals surface area contributed by atoms with Gasteiger partial charge in [0.1, 0.15) is 13.2 Å². The van der Waals surface area contributed by atoms with Crippen molar-refractivity contribution in [3.05, 3.63) is 24.3 Å². The van der Waals surface area contributed by atoms with Crippen molar-refractivity contribution in [3.63, 3.8) is 0 Å². The smallest absolute Gasteiger partial charge is 0.361 e. The second kappa shape index (κ2) is 57.9.